The third-order valence-corrected chi connectivity index (χ3v) is 4.20. The lowest BCUT2D eigenvalue weighted by molar-refractivity contribution is -0.116. The van der Waals surface area contributed by atoms with Crippen molar-refractivity contribution < 1.29 is 4.79 Å². The number of nitrogens with two attached hydrogens (primary N) is 1. The lowest BCUT2D eigenvalue weighted by Crippen LogP contribution is -2.29. The fraction of sp³-hybridized carbons (Fsp3) is 0.417. The number of benzene rings is 1. The van der Waals surface area contributed by atoms with Crippen LogP contribution in [0.2, 0.25) is 0 Å². The van der Waals surface area contributed by atoms with Gasteiger partial charge in [0.15, 0.2) is 0 Å². The predicted octanol–water partition coefficient (Wildman–Crippen LogP) is 3.28. The predicted molar refractivity (Wildman–Crippen MR) is 75.8 cm³/mol. The largest absolute Gasteiger partial charge is 0.327 e. The summed E-state index contributed by atoms with van der Waals surface area (Å²) in [5, 5.41) is 2.88. The van der Waals surface area contributed by atoms with Crippen molar-refractivity contribution in [3.05, 3.63) is 27.1 Å². The number of hydrogen-bond donors (Lipinski definition) is 2. The number of rotatable bonds is 4. The maximum Gasteiger partial charge on any atom is 0.226 e. The van der Waals surface area contributed by atoms with Crippen molar-refractivity contribution >= 4 is 43.5 Å². The molecule has 0 aliphatic heterocycles. The van der Waals surface area contributed by atoms with E-state index in [1.807, 2.05) is 18.2 Å². The standard InChI is InChI=1S/C12H14Br2N2O/c13-8-2-1-3-9(14)12(8)16-11(17)6-10(15)7-4-5-7/h1-3,7,10H,4-6,15H2,(H,16,17). The van der Waals surface area contributed by atoms with Crippen LogP contribution < -0.4 is 11.1 Å². The highest BCUT2D eigenvalue weighted by molar-refractivity contribution is 9.11. The van der Waals surface area contributed by atoms with Crippen molar-refractivity contribution in [2.75, 3.05) is 5.32 Å². The Morgan fingerprint density at radius 1 is 1.41 bits per heavy atom. The summed E-state index contributed by atoms with van der Waals surface area (Å²) in [5.41, 5.74) is 6.69. The van der Waals surface area contributed by atoms with Gasteiger partial charge in [0.25, 0.3) is 0 Å². The molecule has 2 rings (SSSR count). The van der Waals surface area contributed by atoms with E-state index in [0.29, 0.717) is 12.3 Å². The maximum atomic E-state index is 11.8. The Morgan fingerprint density at radius 2 is 2.00 bits per heavy atom. The molecule has 0 spiro atoms. The smallest absolute Gasteiger partial charge is 0.226 e. The molecule has 1 atom stereocenters. The Hall–Kier alpha value is -0.390. The van der Waals surface area contributed by atoms with E-state index in [1.165, 1.54) is 0 Å². The maximum absolute atomic E-state index is 11.8. The zero-order valence-electron chi connectivity index (χ0n) is 9.25. The minimum Gasteiger partial charge on any atom is -0.327 e. The van der Waals surface area contributed by atoms with Crippen LogP contribution in [0.3, 0.4) is 0 Å². The number of hydrogen-bond acceptors (Lipinski definition) is 2. The van der Waals surface area contributed by atoms with Gasteiger partial charge in [0, 0.05) is 21.4 Å². The monoisotopic (exact) mass is 360 g/mol. The van der Waals surface area contributed by atoms with E-state index in [4.69, 9.17) is 5.73 Å². The summed E-state index contributed by atoms with van der Waals surface area (Å²) < 4.78 is 1.72. The van der Waals surface area contributed by atoms with Crippen LogP contribution in [0, 0.1) is 5.92 Å². The molecule has 1 fully saturated rings. The molecule has 3 nitrogen and oxygen atoms in total. The first-order chi connectivity index (χ1) is 8.08. The van der Waals surface area contributed by atoms with Gasteiger partial charge in [-0.15, -0.1) is 0 Å². The molecular weight excluding hydrogens is 348 g/mol. The molecule has 1 saturated carbocycles. The molecule has 1 aromatic rings. The zero-order valence-corrected chi connectivity index (χ0v) is 12.4. The number of halogens is 2. The van der Waals surface area contributed by atoms with Gasteiger partial charge >= 0.3 is 0 Å². The average Bonchev–Trinajstić information content (AvgIpc) is 3.07. The van der Waals surface area contributed by atoms with E-state index in [0.717, 1.165) is 27.5 Å². The molecular formula is C12H14Br2N2O. The van der Waals surface area contributed by atoms with E-state index < -0.39 is 0 Å². The molecule has 0 aromatic heterocycles. The highest BCUT2D eigenvalue weighted by Crippen LogP contribution is 2.34. The van der Waals surface area contributed by atoms with Crippen molar-refractivity contribution in [1.29, 1.82) is 0 Å². The number of carbonyl (C=O) groups excluding carboxylic acids is 1. The highest BCUT2D eigenvalue weighted by atomic mass is 79.9. The van der Waals surface area contributed by atoms with Crippen LogP contribution in [0.5, 0.6) is 0 Å². The van der Waals surface area contributed by atoms with Gasteiger partial charge < -0.3 is 11.1 Å². The summed E-state index contributed by atoms with van der Waals surface area (Å²) in [5.74, 6) is 0.514. The van der Waals surface area contributed by atoms with Gasteiger partial charge in [-0.05, 0) is 62.8 Å². The van der Waals surface area contributed by atoms with E-state index in [2.05, 4.69) is 37.2 Å². The molecule has 1 amide bonds. The summed E-state index contributed by atoms with van der Waals surface area (Å²) in [7, 11) is 0. The van der Waals surface area contributed by atoms with Crippen molar-refractivity contribution in [2.24, 2.45) is 11.7 Å². The fourth-order valence-corrected chi connectivity index (χ4v) is 2.91. The molecule has 0 heterocycles. The quantitative estimate of drug-likeness (QED) is 0.864. The lowest BCUT2D eigenvalue weighted by atomic mass is 10.1. The van der Waals surface area contributed by atoms with Crippen LogP contribution in [0.1, 0.15) is 19.3 Å². The second kappa shape index (κ2) is 5.50. The number of carbonyl (C=O) groups is 1. The van der Waals surface area contributed by atoms with Crippen LogP contribution in [0.25, 0.3) is 0 Å². The Labute approximate surface area is 117 Å². The lowest BCUT2D eigenvalue weighted by Gasteiger charge is -2.12. The zero-order chi connectivity index (χ0) is 12.4. The third kappa shape index (κ3) is 3.53. The van der Waals surface area contributed by atoms with Gasteiger partial charge in [-0.3, -0.25) is 4.79 Å². The molecule has 5 heteroatoms. The topological polar surface area (TPSA) is 55.1 Å². The Balaban J connectivity index is 1.97. The first-order valence-corrected chi connectivity index (χ1v) is 7.16. The minimum atomic E-state index is -0.0306. The molecule has 1 unspecified atom stereocenters. The molecule has 0 saturated heterocycles. The summed E-state index contributed by atoms with van der Waals surface area (Å²) in [4.78, 5) is 11.8. The van der Waals surface area contributed by atoms with Crippen LogP contribution in [0.15, 0.2) is 27.1 Å². The molecule has 92 valence electrons. The summed E-state index contributed by atoms with van der Waals surface area (Å²) >= 11 is 6.81. The van der Waals surface area contributed by atoms with Gasteiger partial charge in [-0.2, -0.15) is 0 Å². The van der Waals surface area contributed by atoms with Gasteiger partial charge in [-0.25, -0.2) is 0 Å². The summed E-state index contributed by atoms with van der Waals surface area (Å²) in [6.45, 7) is 0. The first kappa shape index (κ1) is 13.1. The summed E-state index contributed by atoms with van der Waals surface area (Å²) in [6, 6.07) is 5.68. The number of anilines is 1. The SMILES string of the molecule is NC(CC(=O)Nc1c(Br)cccc1Br)C1CC1. The number of para-hydroxylation sites is 1. The molecule has 3 N–H and O–H groups in total. The molecule has 0 radical (unpaired) electrons. The van der Waals surface area contributed by atoms with Gasteiger partial charge in [0.1, 0.15) is 0 Å². The molecule has 0 bridgehead atoms. The Morgan fingerprint density at radius 3 is 2.53 bits per heavy atom. The third-order valence-electron chi connectivity index (χ3n) is 2.88. The molecule has 1 aliphatic rings. The van der Waals surface area contributed by atoms with Crippen LogP contribution in [0.4, 0.5) is 5.69 Å². The van der Waals surface area contributed by atoms with Crippen molar-refractivity contribution in [2.45, 2.75) is 25.3 Å². The molecule has 1 aliphatic carbocycles. The second-order valence-corrected chi connectivity index (χ2v) is 6.06. The van der Waals surface area contributed by atoms with E-state index in [9.17, 15) is 4.79 Å². The van der Waals surface area contributed by atoms with E-state index >= 15 is 0 Å². The van der Waals surface area contributed by atoms with E-state index in [-0.39, 0.29) is 11.9 Å². The first-order valence-electron chi connectivity index (χ1n) is 5.57. The number of amides is 1. The van der Waals surface area contributed by atoms with Gasteiger partial charge in [-0.1, -0.05) is 6.07 Å². The summed E-state index contributed by atoms with van der Waals surface area (Å²) in [6.07, 6.45) is 2.71. The van der Waals surface area contributed by atoms with Crippen LogP contribution in [-0.2, 0) is 4.79 Å². The fourth-order valence-electron chi connectivity index (χ4n) is 1.71. The number of nitrogens with one attached hydrogen (secondary N) is 1. The van der Waals surface area contributed by atoms with Crippen molar-refractivity contribution in [3.8, 4) is 0 Å². The van der Waals surface area contributed by atoms with Crippen molar-refractivity contribution in [1.82, 2.24) is 0 Å². The molecule has 1 aromatic carbocycles. The van der Waals surface area contributed by atoms with E-state index in [1.54, 1.807) is 0 Å². The van der Waals surface area contributed by atoms with Gasteiger partial charge in [0.05, 0.1) is 5.69 Å². The molecule has 17 heavy (non-hydrogen) atoms. The van der Waals surface area contributed by atoms with Crippen molar-refractivity contribution in [3.63, 3.8) is 0 Å². The average molecular weight is 362 g/mol. The minimum absolute atomic E-state index is 0.00346. The highest BCUT2D eigenvalue weighted by Gasteiger charge is 2.29. The van der Waals surface area contributed by atoms with Gasteiger partial charge in [0.2, 0.25) is 5.91 Å². The Kier molecular flexibility index (Phi) is 4.22. The van der Waals surface area contributed by atoms with Crippen LogP contribution in [-0.4, -0.2) is 11.9 Å². The normalized spacial score (nSPS) is 16.6. The second-order valence-electron chi connectivity index (χ2n) is 4.35. The van der Waals surface area contributed by atoms with Crippen LogP contribution >= 0.6 is 31.9 Å². The Bertz CT molecular complexity index is 412.